The molecule has 3 rings (SSSR count). The third-order valence-electron chi connectivity index (χ3n) is 5.58. The van der Waals surface area contributed by atoms with Gasteiger partial charge in [-0.25, -0.2) is 0 Å². The van der Waals surface area contributed by atoms with Crippen molar-refractivity contribution in [3.63, 3.8) is 0 Å². The van der Waals surface area contributed by atoms with Crippen LogP contribution in [0.25, 0.3) is 0 Å². The van der Waals surface area contributed by atoms with Crippen molar-refractivity contribution >= 4 is 23.5 Å². The van der Waals surface area contributed by atoms with Crippen LogP contribution in [0.5, 0.6) is 0 Å². The fraction of sp³-hybridized carbons (Fsp3) is 0.619. The quantitative estimate of drug-likeness (QED) is 0.501. The van der Waals surface area contributed by atoms with Crippen molar-refractivity contribution in [3.05, 3.63) is 34.9 Å². The Bertz CT molecular complexity index is 691. The minimum atomic E-state index is -0.756. The van der Waals surface area contributed by atoms with Crippen molar-refractivity contribution in [2.45, 2.75) is 51.2 Å². The monoisotopic (exact) mass is 406 g/mol. The topological polar surface area (TPSA) is 77.0 Å². The van der Waals surface area contributed by atoms with E-state index in [1.165, 1.54) is 12.8 Å². The number of aliphatic imine (C=N–C) groups is 1. The number of carbonyl (C=O) groups is 1. The molecule has 0 spiro atoms. The fourth-order valence-corrected chi connectivity index (χ4v) is 4.31. The normalized spacial score (nSPS) is 21.8. The van der Waals surface area contributed by atoms with Crippen LogP contribution in [-0.2, 0) is 4.79 Å². The number of amides is 1. The first kappa shape index (κ1) is 20.9. The van der Waals surface area contributed by atoms with E-state index in [9.17, 15) is 9.90 Å². The van der Waals surface area contributed by atoms with E-state index in [2.05, 4.69) is 15.6 Å². The predicted octanol–water partition coefficient (Wildman–Crippen LogP) is 2.72. The third kappa shape index (κ3) is 5.39. The number of nitrogens with one attached hydrogen (secondary N) is 2. The van der Waals surface area contributed by atoms with Gasteiger partial charge in [-0.15, -0.1) is 0 Å². The van der Waals surface area contributed by atoms with Crippen LogP contribution in [0.4, 0.5) is 0 Å². The number of aliphatic hydroxyl groups is 1. The molecule has 0 radical (unpaired) electrons. The van der Waals surface area contributed by atoms with Crippen molar-refractivity contribution < 1.29 is 9.90 Å². The van der Waals surface area contributed by atoms with E-state index in [4.69, 9.17) is 11.6 Å². The first-order chi connectivity index (χ1) is 13.6. The summed E-state index contributed by atoms with van der Waals surface area (Å²) in [4.78, 5) is 19.1. The van der Waals surface area contributed by atoms with Gasteiger partial charge in [-0.05, 0) is 32.3 Å². The van der Waals surface area contributed by atoms with Crippen LogP contribution in [0.15, 0.2) is 29.3 Å². The SMILES string of the molecule is CCNC(=NCC(O)c1ccccc1Cl)NC1CCN(C(=O)C2CCCC2)C1. The highest BCUT2D eigenvalue weighted by atomic mass is 35.5. The number of hydrogen-bond acceptors (Lipinski definition) is 3. The molecule has 1 aliphatic carbocycles. The Morgan fingerprint density at radius 2 is 2.07 bits per heavy atom. The number of benzene rings is 1. The number of aliphatic hydroxyl groups excluding tert-OH is 1. The molecule has 2 fully saturated rings. The number of hydrogen-bond donors (Lipinski definition) is 3. The minimum Gasteiger partial charge on any atom is -0.386 e. The lowest BCUT2D eigenvalue weighted by molar-refractivity contribution is -0.134. The second-order valence-electron chi connectivity index (χ2n) is 7.65. The highest BCUT2D eigenvalue weighted by Gasteiger charge is 2.32. The van der Waals surface area contributed by atoms with Crippen molar-refractivity contribution in [2.75, 3.05) is 26.2 Å². The summed E-state index contributed by atoms with van der Waals surface area (Å²) in [7, 11) is 0. The lowest BCUT2D eigenvalue weighted by atomic mass is 10.1. The molecule has 0 bridgehead atoms. The number of nitrogens with zero attached hydrogens (tertiary/aromatic N) is 2. The van der Waals surface area contributed by atoms with E-state index in [0.717, 1.165) is 32.4 Å². The van der Waals surface area contributed by atoms with Gasteiger partial charge in [0.2, 0.25) is 5.91 Å². The molecule has 2 atom stereocenters. The van der Waals surface area contributed by atoms with Crippen molar-refractivity contribution in [3.8, 4) is 0 Å². The lowest BCUT2D eigenvalue weighted by Crippen LogP contribution is -2.45. The molecule has 0 aromatic heterocycles. The predicted molar refractivity (Wildman–Crippen MR) is 112 cm³/mol. The van der Waals surface area contributed by atoms with Crippen LogP contribution in [-0.4, -0.2) is 54.1 Å². The van der Waals surface area contributed by atoms with Gasteiger partial charge in [-0.2, -0.15) is 0 Å². The van der Waals surface area contributed by atoms with E-state index in [1.807, 2.05) is 30.0 Å². The summed E-state index contributed by atoms with van der Waals surface area (Å²) in [6, 6.07) is 7.45. The highest BCUT2D eigenvalue weighted by molar-refractivity contribution is 6.31. The zero-order valence-electron chi connectivity index (χ0n) is 16.5. The van der Waals surface area contributed by atoms with Gasteiger partial charge in [-0.3, -0.25) is 9.79 Å². The van der Waals surface area contributed by atoms with Crippen LogP contribution in [0, 0.1) is 5.92 Å². The number of carbonyl (C=O) groups excluding carboxylic acids is 1. The van der Waals surface area contributed by atoms with Gasteiger partial charge in [-0.1, -0.05) is 42.6 Å². The summed E-state index contributed by atoms with van der Waals surface area (Å²) in [5.74, 6) is 1.21. The Labute approximate surface area is 172 Å². The number of rotatable bonds is 6. The Balaban J connectivity index is 1.54. The van der Waals surface area contributed by atoms with Gasteiger partial charge < -0.3 is 20.6 Å². The Morgan fingerprint density at radius 1 is 1.32 bits per heavy atom. The van der Waals surface area contributed by atoms with Gasteiger partial charge in [0.05, 0.1) is 6.54 Å². The van der Waals surface area contributed by atoms with Gasteiger partial charge in [0.1, 0.15) is 6.10 Å². The second-order valence-corrected chi connectivity index (χ2v) is 8.06. The summed E-state index contributed by atoms with van der Waals surface area (Å²) >= 11 is 6.16. The van der Waals surface area contributed by atoms with E-state index in [-0.39, 0.29) is 18.5 Å². The summed E-state index contributed by atoms with van der Waals surface area (Å²) in [5, 5.41) is 17.6. The first-order valence-electron chi connectivity index (χ1n) is 10.3. The minimum absolute atomic E-state index is 0.181. The molecule has 2 aliphatic rings. The van der Waals surface area contributed by atoms with Crippen LogP contribution in [0.3, 0.4) is 0 Å². The molecule has 154 valence electrons. The van der Waals surface area contributed by atoms with Crippen LogP contribution in [0.1, 0.15) is 50.7 Å². The molecule has 7 heteroatoms. The van der Waals surface area contributed by atoms with Gasteiger partial charge in [0.25, 0.3) is 0 Å². The molecule has 1 heterocycles. The molecule has 3 N–H and O–H groups in total. The molecule has 28 heavy (non-hydrogen) atoms. The number of likely N-dealkylation sites (tertiary alicyclic amines) is 1. The Morgan fingerprint density at radius 3 is 2.79 bits per heavy atom. The van der Waals surface area contributed by atoms with E-state index >= 15 is 0 Å². The van der Waals surface area contributed by atoms with E-state index < -0.39 is 6.10 Å². The lowest BCUT2D eigenvalue weighted by Gasteiger charge is -2.21. The fourth-order valence-electron chi connectivity index (χ4n) is 4.04. The molecule has 6 nitrogen and oxygen atoms in total. The van der Waals surface area contributed by atoms with Crippen LogP contribution >= 0.6 is 11.6 Å². The maximum atomic E-state index is 12.6. The average molecular weight is 407 g/mol. The Kier molecular flexibility index (Phi) is 7.57. The summed E-state index contributed by atoms with van der Waals surface area (Å²) in [6.07, 6.45) is 4.59. The van der Waals surface area contributed by atoms with Crippen LogP contribution < -0.4 is 10.6 Å². The largest absolute Gasteiger partial charge is 0.386 e. The smallest absolute Gasteiger partial charge is 0.225 e. The summed E-state index contributed by atoms with van der Waals surface area (Å²) < 4.78 is 0. The molecule has 1 saturated heterocycles. The molecular formula is C21H31ClN4O2. The van der Waals surface area contributed by atoms with E-state index in [1.54, 1.807) is 6.07 Å². The zero-order valence-corrected chi connectivity index (χ0v) is 17.3. The molecule has 2 unspecified atom stereocenters. The third-order valence-corrected chi connectivity index (χ3v) is 5.92. The summed E-state index contributed by atoms with van der Waals surface area (Å²) in [6.45, 7) is 4.47. The molecule has 1 aromatic rings. The van der Waals surface area contributed by atoms with E-state index in [0.29, 0.717) is 29.0 Å². The molecule has 1 aliphatic heterocycles. The van der Waals surface area contributed by atoms with Gasteiger partial charge in [0.15, 0.2) is 5.96 Å². The molecule has 1 aromatic carbocycles. The second kappa shape index (κ2) is 10.1. The highest BCUT2D eigenvalue weighted by Crippen LogP contribution is 2.28. The number of halogens is 1. The van der Waals surface area contributed by atoms with Crippen molar-refractivity contribution in [2.24, 2.45) is 10.9 Å². The maximum Gasteiger partial charge on any atom is 0.225 e. The molecule has 1 amide bonds. The maximum absolute atomic E-state index is 12.6. The standard InChI is InChI=1S/C21H31ClN4O2/c1-2-23-21(24-13-19(27)17-9-5-6-10-18(17)22)25-16-11-12-26(14-16)20(28)15-7-3-4-8-15/h5-6,9-10,15-16,19,27H,2-4,7-8,11-14H2,1H3,(H2,23,24,25). The van der Waals surface area contributed by atoms with Crippen molar-refractivity contribution in [1.29, 1.82) is 0 Å². The van der Waals surface area contributed by atoms with Crippen LogP contribution in [0.2, 0.25) is 5.02 Å². The average Bonchev–Trinajstić information content (AvgIpc) is 3.38. The van der Waals surface area contributed by atoms with Gasteiger partial charge in [0, 0.05) is 42.2 Å². The first-order valence-corrected chi connectivity index (χ1v) is 10.7. The molecular weight excluding hydrogens is 376 g/mol. The zero-order chi connectivity index (χ0) is 19.9. The van der Waals surface area contributed by atoms with Crippen molar-refractivity contribution in [1.82, 2.24) is 15.5 Å². The number of guanidine groups is 1. The molecule has 1 saturated carbocycles. The van der Waals surface area contributed by atoms with Gasteiger partial charge >= 0.3 is 0 Å². The Hall–Kier alpha value is -1.79. The summed E-state index contributed by atoms with van der Waals surface area (Å²) in [5.41, 5.74) is 0.679.